The number of unbranched alkanes of at least 4 members (excludes halogenated alkanes) is 1. The molecule has 2 fully saturated rings. The third-order valence-corrected chi connectivity index (χ3v) is 4.46. The normalized spacial score (nSPS) is 32.6. The third kappa shape index (κ3) is 6.07. The molecule has 1 unspecified atom stereocenters. The molecule has 5 heteroatoms. The molecule has 0 radical (unpaired) electrons. The number of rotatable bonds is 8. The van der Waals surface area contributed by atoms with Crippen molar-refractivity contribution in [1.82, 2.24) is 0 Å². The molecule has 1 heterocycles. The van der Waals surface area contributed by atoms with Crippen LogP contribution in [0.25, 0.3) is 0 Å². The van der Waals surface area contributed by atoms with Crippen molar-refractivity contribution in [2.45, 2.75) is 76.3 Å². The minimum Gasteiger partial charge on any atom is -0.481 e. The maximum atomic E-state index is 10.4. The van der Waals surface area contributed by atoms with E-state index in [1.807, 2.05) is 6.08 Å². The van der Waals surface area contributed by atoms with E-state index in [9.17, 15) is 9.90 Å². The molecule has 0 aromatic carbocycles. The number of carboxylic acid groups (broad SMARTS) is 1. The zero-order chi connectivity index (χ0) is 15.8. The molecular formula is C17H28O5. The van der Waals surface area contributed by atoms with Crippen molar-refractivity contribution in [2.75, 3.05) is 6.61 Å². The van der Waals surface area contributed by atoms with Gasteiger partial charge in [0.15, 0.2) is 6.29 Å². The van der Waals surface area contributed by atoms with Crippen LogP contribution >= 0.6 is 0 Å². The number of hydrogen-bond donors (Lipinski definition) is 2. The van der Waals surface area contributed by atoms with Gasteiger partial charge in [-0.1, -0.05) is 12.2 Å². The Bertz CT molecular complexity index is 362. The highest BCUT2D eigenvalue weighted by Gasteiger charge is 2.34. The van der Waals surface area contributed by atoms with Crippen molar-refractivity contribution in [3.63, 3.8) is 0 Å². The maximum Gasteiger partial charge on any atom is 0.303 e. The number of hydrogen-bond acceptors (Lipinski definition) is 4. The highest BCUT2D eigenvalue weighted by Crippen LogP contribution is 2.33. The minimum absolute atomic E-state index is 0.0868. The lowest BCUT2D eigenvalue weighted by molar-refractivity contribution is -0.187. The molecule has 1 aliphatic carbocycles. The van der Waals surface area contributed by atoms with Gasteiger partial charge < -0.3 is 19.7 Å². The Labute approximate surface area is 132 Å². The predicted octanol–water partition coefficient (Wildman–Crippen LogP) is 2.87. The molecule has 2 rings (SSSR count). The van der Waals surface area contributed by atoms with Gasteiger partial charge in [0.2, 0.25) is 0 Å². The van der Waals surface area contributed by atoms with Gasteiger partial charge >= 0.3 is 5.97 Å². The van der Waals surface area contributed by atoms with Crippen LogP contribution < -0.4 is 0 Å². The second kappa shape index (κ2) is 9.28. The van der Waals surface area contributed by atoms with Gasteiger partial charge in [-0.25, -0.2) is 0 Å². The minimum atomic E-state index is -0.746. The summed E-state index contributed by atoms with van der Waals surface area (Å²) < 4.78 is 11.5. The molecule has 1 saturated heterocycles. The SMILES string of the molecule is O=C(O)CCCC=CC[C@H]1C[C@@H](OC2CCCCO2)C[C@H]1O. The summed E-state index contributed by atoms with van der Waals surface area (Å²) in [6.07, 6.45) is 11.1. The van der Waals surface area contributed by atoms with Gasteiger partial charge in [-0.15, -0.1) is 0 Å². The van der Waals surface area contributed by atoms with Crippen LogP contribution in [0.15, 0.2) is 12.2 Å². The highest BCUT2D eigenvalue weighted by atomic mass is 16.7. The van der Waals surface area contributed by atoms with E-state index in [-0.39, 0.29) is 30.8 Å². The fourth-order valence-electron chi connectivity index (χ4n) is 3.21. The number of carboxylic acids is 1. The standard InChI is InChI=1S/C17H28O5/c18-15-12-14(22-17-9-5-6-10-21-17)11-13(15)7-3-1-2-4-8-16(19)20/h1,3,13-15,17-18H,2,4-12H2,(H,19,20)/t13-,14+,15+,17?/m0/s1. The number of aliphatic hydroxyl groups excluding tert-OH is 1. The van der Waals surface area contributed by atoms with Gasteiger partial charge in [0, 0.05) is 13.0 Å². The molecule has 0 bridgehead atoms. The summed E-state index contributed by atoms with van der Waals surface area (Å²) >= 11 is 0. The lowest BCUT2D eigenvalue weighted by atomic mass is 10.0. The first-order chi connectivity index (χ1) is 10.6. The topological polar surface area (TPSA) is 76.0 Å². The van der Waals surface area contributed by atoms with Crippen LogP contribution in [0.3, 0.4) is 0 Å². The van der Waals surface area contributed by atoms with Crippen LogP contribution in [0.4, 0.5) is 0 Å². The van der Waals surface area contributed by atoms with E-state index in [2.05, 4.69) is 6.08 Å². The van der Waals surface area contributed by atoms with Gasteiger partial charge in [-0.05, 0) is 57.3 Å². The van der Waals surface area contributed by atoms with Crippen molar-refractivity contribution < 1.29 is 24.5 Å². The summed E-state index contributed by atoms with van der Waals surface area (Å²) in [4.78, 5) is 10.4. The summed E-state index contributed by atoms with van der Waals surface area (Å²) in [7, 11) is 0. The number of aliphatic carboxylic acids is 1. The predicted molar refractivity (Wildman–Crippen MR) is 82.4 cm³/mol. The van der Waals surface area contributed by atoms with E-state index in [4.69, 9.17) is 14.6 Å². The van der Waals surface area contributed by atoms with Gasteiger partial charge in [-0.3, -0.25) is 4.79 Å². The highest BCUT2D eigenvalue weighted by molar-refractivity contribution is 5.66. The molecular weight excluding hydrogens is 284 g/mol. The monoisotopic (exact) mass is 312 g/mol. The van der Waals surface area contributed by atoms with Crippen molar-refractivity contribution >= 4 is 5.97 Å². The average Bonchev–Trinajstić information content (AvgIpc) is 2.83. The first-order valence-electron chi connectivity index (χ1n) is 8.47. The van der Waals surface area contributed by atoms with Gasteiger partial charge in [0.25, 0.3) is 0 Å². The van der Waals surface area contributed by atoms with E-state index in [1.165, 1.54) is 0 Å². The molecule has 2 N–H and O–H groups in total. The van der Waals surface area contributed by atoms with Crippen LogP contribution in [0, 0.1) is 5.92 Å². The molecule has 0 aromatic heterocycles. The number of carbonyl (C=O) groups is 1. The molecule has 2 aliphatic rings. The van der Waals surface area contributed by atoms with Crippen molar-refractivity contribution in [2.24, 2.45) is 5.92 Å². The molecule has 0 aromatic rings. The van der Waals surface area contributed by atoms with Crippen molar-refractivity contribution in [3.05, 3.63) is 12.2 Å². The van der Waals surface area contributed by atoms with Crippen molar-refractivity contribution in [1.29, 1.82) is 0 Å². The Kier molecular flexibility index (Phi) is 7.36. The third-order valence-electron chi connectivity index (χ3n) is 4.46. The smallest absolute Gasteiger partial charge is 0.303 e. The second-order valence-electron chi connectivity index (χ2n) is 6.35. The lowest BCUT2D eigenvalue weighted by Gasteiger charge is -2.25. The van der Waals surface area contributed by atoms with Crippen LogP contribution in [0.2, 0.25) is 0 Å². The van der Waals surface area contributed by atoms with Crippen LogP contribution in [0.1, 0.15) is 57.8 Å². The lowest BCUT2D eigenvalue weighted by Crippen LogP contribution is -2.27. The fourth-order valence-corrected chi connectivity index (χ4v) is 3.21. The molecule has 0 amide bonds. The number of ether oxygens (including phenoxy) is 2. The Morgan fingerprint density at radius 3 is 2.86 bits per heavy atom. The summed E-state index contributed by atoms with van der Waals surface area (Å²) in [5, 5.41) is 18.7. The van der Waals surface area contributed by atoms with Crippen molar-refractivity contribution in [3.8, 4) is 0 Å². The second-order valence-corrected chi connectivity index (χ2v) is 6.35. The van der Waals surface area contributed by atoms with E-state index < -0.39 is 5.97 Å². The zero-order valence-corrected chi connectivity index (χ0v) is 13.2. The number of aliphatic hydroxyl groups is 1. The summed E-state index contributed by atoms with van der Waals surface area (Å²) in [6.45, 7) is 0.780. The maximum absolute atomic E-state index is 10.4. The molecule has 5 nitrogen and oxygen atoms in total. The zero-order valence-electron chi connectivity index (χ0n) is 13.2. The largest absolute Gasteiger partial charge is 0.481 e. The molecule has 126 valence electrons. The van der Waals surface area contributed by atoms with Crippen LogP contribution in [-0.2, 0) is 14.3 Å². The first kappa shape index (κ1) is 17.4. The average molecular weight is 312 g/mol. The first-order valence-corrected chi connectivity index (χ1v) is 8.47. The van der Waals surface area contributed by atoms with Gasteiger partial charge in [0.1, 0.15) is 0 Å². The van der Waals surface area contributed by atoms with E-state index in [0.717, 1.165) is 45.1 Å². The molecule has 0 spiro atoms. The Morgan fingerprint density at radius 1 is 1.27 bits per heavy atom. The molecule has 1 aliphatic heterocycles. The van der Waals surface area contributed by atoms with E-state index in [0.29, 0.717) is 12.8 Å². The Morgan fingerprint density at radius 2 is 2.14 bits per heavy atom. The fraction of sp³-hybridized carbons (Fsp3) is 0.824. The molecule has 4 atom stereocenters. The summed E-state index contributed by atoms with van der Waals surface area (Å²) in [6, 6.07) is 0. The van der Waals surface area contributed by atoms with Crippen LogP contribution in [0.5, 0.6) is 0 Å². The van der Waals surface area contributed by atoms with Gasteiger partial charge in [0.05, 0.1) is 12.2 Å². The molecule has 1 saturated carbocycles. The van der Waals surface area contributed by atoms with E-state index >= 15 is 0 Å². The summed E-state index contributed by atoms with van der Waals surface area (Å²) in [5.74, 6) is -0.506. The Hall–Kier alpha value is -0.910. The van der Waals surface area contributed by atoms with Gasteiger partial charge in [-0.2, -0.15) is 0 Å². The van der Waals surface area contributed by atoms with Crippen LogP contribution in [-0.4, -0.2) is 41.3 Å². The summed E-state index contributed by atoms with van der Waals surface area (Å²) in [5.41, 5.74) is 0. The van der Waals surface area contributed by atoms with E-state index in [1.54, 1.807) is 0 Å². The Balaban J connectivity index is 1.63. The molecule has 22 heavy (non-hydrogen) atoms. The number of allylic oxidation sites excluding steroid dienone is 2. The quantitative estimate of drug-likeness (QED) is 0.532.